The Morgan fingerprint density at radius 1 is 1.14 bits per heavy atom. The van der Waals surface area contributed by atoms with Crippen molar-refractivity contribution in [3.63, 3.8) is 0 Å². The number of hydrogen-bond donors (Lipinski definition) is 0. The standard InChI is InChI=1S/C17H20N4O/c1-13-10-19-15(11-18-13)17(22)21-9-8-20(2)16(12-21)14-6-4-3-5-7-14/h3-7,10-11,16H,8-9,12H2,1-2H3. The molecule has 0 aliphatic carbocycles. The molecule has 1 fully saturated rings. The lowest BCUT2D eigenvalue weighted by molar-refractivity contribution is 0.0540. The van der Waals surface area contributed by atoms with E-state index >= 15 is 0 Å². The Bertz CT molecular complexity index is 641. The van der Waals surface area contributed by atoms with Crippen molar-refractivity contribution in [3.8, 4) is 0 Å². The zero-order chi connectivity index (χ0) is 15.5. The van der Waals surface area contributed by atoms with Crippen LogP contribution in [-0.2, 0) is 0 Å². The second kappa shape index (κ2) is 6.23. The van der Waals surface area contributed by atoms with Crippen molar-refractivity contribution in [2.24, 2.45) is 0 Å². The maximum absolute atomic E-state index is 12.6. The number of aryl methyl sites for hydroxylation is 1. The van der Waals surface area contributed by atoms with Crippen LogP contribution in [0.25, 0.3) is 0 Å². The fourth-order valence-corrected chi connectivity index (χ4v) is 2.76. The van der Waals surface area contributed by atoms with Crippen LogP contribution >= 0.6 is 0 Å². The molecule has 0 N–H and O–H groups in total. The van der Waals surface area contributed by atoms with Crippen molar-refractivity contribution in [1.29, 1.82) is 0 Å². The van der Waals surface area contributed by atoms with Crippen LogP contribution in [0.3, 0.4) is 0 Å². The van der Waals surface area contributed by atoms with Gasteiger partial charge in [0.05, 0.1) is 17.9 Å². The smallest absolute Gasteiger partial charge is 0.274 e. The molecule has 5 nitrogen and oxygen atoms in total. The molecule has 1 aliphatic heterocycles. The maximum atomic E-state index is 12.6. The van der Waals surface area contributed by atoms with Crippen LogP contribution in [0.4, 0.5) is 0 Å². The summed E-state index contributed by atoms with van der Waals surface area (Å²) in [6.45, 7) is 4.11. The SMILES string of the molecule is Cc1cnc(C(=O)N2CCN(C)C(c3ccccc3)C2)cn1. The molecule has 2 heterocycles. The Morgan fingerprint density at radius 2 is 1.91 bits per heavy atom. The Morgan fingerprint density at radius 3 is 2.59 bits per heavy atom. The summed E-state index contributed by atoms with van der Waals surface area (Å²) in [7, 11) is 2.10. The summed E-state index contributed by atoms with van der Waals surface area (Å²) in [6, 6.07) is 10.5. The van der Waals surface area contributed by atoms with Crippen molar-refractivity contribution >= 4 is 5.91 Å². The monoisotopic (exact) mass is 296 g/mol. The Balaban J connectivity index is 1.78. The first-order valence-electron chi connectivity index (χ1n) is 7.48. The number of aromatic nitrogens is 2. The second-order valence-electron chi connectivity index (χ2n) is 5.70. The topological polar surface area (TPSA) is 49.3 Å². The van der Waals surface area contributed by atoms with Crippen LogP contribution in [-0.4, -0.2) is 52.4 Å². The number of rotatable bonds is 2. The van der Waals surface area contributed by atoms with E-state index < -0.39 is 0 Å². The number of carbonyl (C=O) groups is 1. The minimum Gasteiger partial charge on any atom is -0.334 e. The quantitative estimate of drug-likeness (QED) is 0.849. The van der Waals surface area contributed by atoms with Gasteiger partial charge in [-0.05, 0) is 19.5 Å². The number of hydrogen-bond acceptors (Lipinski definition) is 4. The average molecular weight is 296 g/mol. The van der Waals surface area contributed by atoms with Crippen LogP contribution in [0.15, 0.2) is 42.7 Å². The van der Waals surface area contributed by atoms with E-state index in [-0.39, 0.29) is 11.9 Å². The molecule has 1 atom stereocenters. The normalized spacial score (nSPS) is 19.2. The van der Waals surface area contributed by atoms with E-state index in [2.05, 4.69) is 34.0 Å². The number of carbonyl (C=O) groups excluding carboxylic acids is 1. The van der Waals surface area contributed by atoms with Gasteiger partial charge in [0.2, 0.25) is 0 Å². The van der Waals surface area contributed by atoms with E-state index in [1.54, 1.807) is 12.4 Å². The largest absolute Gasteiger partial charge is 0.334 e. The minimum absolute atomic E-state index is 0.0402. The molecule has 1 amide bonds. The summed E-state index contributed by atoms with van der Waals surface area (Å²) in [5.74, 6) is -0.0402. The zero-order valence-corrected chi connectivity index (χ0v) is 12.9. The van der Waals surface area contributed by atoms with Gasteiger partial charge in [0.1, 0.15) is 5.69 Å². The van der Waals surface area contributed by atoms with Gasteiger partial charge < -0.3 is 4.90 Å². The van der Waals surface area contributed by atoms with Crippen LogP contribution in [0.1, 0.15) is 27.8 Å². The van der Waals surface area contributed by atoms with Crippen LogP contribution in [0, 0.1) is 6.92 Å². The van der Waals surface area contributed by atoms with Gasteiger partial charge in [-0.3, -0.25) is 14.7 Å². The number of piperazine rings is 1. The third-order valence-corrected chi connectivity index (χ3v) is 4.12. The average Bonchev–Trinajstić information content (AvgIpc) is 2.56. The molecule has 0 saturated carbocycles. The summed E-state index contributed by atoms with van der Waals surface area (Å²) in [5.41, 5.74) is 2.47. The maximum Gasteiger partial charge on any atom is 0.274 e. The second-order valence-corrected chi connectivity index (χ2v) is 5.70. The van der Waals surface area contributed by atoms with E-state index in [1.807, 2.05) is 30.0 Å². The Hall–Kier alpha value is -2.27. The summed E-state index contributed by atoms with van der Waals surface area (Å²) >= 11 is 0. The highest BCUT2D eigenvalue weighted by atomic mass is 16.2. The van der Waals surface area contributed by atoms with E-state index in [4.69, 9.17) is 0 Å². The Labute approximate surface area is 130 Å². The third-order valence-electron chi connectivity index (χ3n) is 4.12. The first-order chi connectivity index (χ1) is 10.6. The van der Waals surface area contributed by atoms with Gasteiger partial charge in [-0.1, -0.05) is 30.3 Å². The van der Waals surface area contributed by atoms with Gasteiger partial charge >= 0.3 is 0 Å². The van der Waals surface area contributed by atoms with E-state index in [9.17, 15) is 4.79 Å². The molecular formula is C17H20N4O. The van der Waals surface area contributed by atoms with Gasteiger partial charge in [0.15, 0.2) is 0 Å². The molecule has 1 unspecified atom stereocenters. The molecule has 1 aromatic heterocycles. The van der Waals surface area contributed by atoms with Crippen molar-refractivity contribution in [2.75, 3.05) is 26.7 Å². The molecule has 114 valence electrons. The van der Waals surface area contributed by atoms with Crippen molar-refractivity contribution in [2.45, 2.75) is 13.0 Å². The molecule has 5 heteroatoms. The summed E-state index contributed by atoms with van der Waals surface area (Å²) in [5, 5.41) is 0. The molecule has 2 aromatic rings. The number of nitrogens with zero attached hydrogens (tertiary/aromatic N) is 4. The van der Waals surface area contributed by atoms with Crippen molar-refractivity contribution in [1.82, 2.24) is 19.8 Å². The van der Waals surface area contributed by atoms with Crippen LogP contribution in [0.2, 0.25) is 0 Å². The predicted octanol–water partition coefficient (Wildman–Crippen LogP) is 1.91. The van der Waals surface area contributed by atoms with E-state index in [0.29, 0.717) is 18.8 Å². The molecule has 3 rings (SSSR count). The first kappa shape index (κ1) is 14.7. The molecular weight excluding hydrogens is 276 g/mol. The lowest BCUT2D eigenvalue weighted by atomic mass is 10.0. The fraction of sp³-hybridized carbons (Fsp3) is 0.353. The van der Waals surface area contributed by atoms with Gasteiger partial charge in [-0.15, -0.1) is 0 Å². The lowest BCUT2D eigenvalue weighted by Crippen LogP contribution is -2.49. The molecule has 1 aromatic carbocycles. The first-order valence-corrected chi connectivity index (χ1v) is 7.48. The van der Waals surface area contributed by atoms with Crippen molar-refractivity contribution in [3.05, 3.63) is 59.7 Å². The van der Waals surface area contributed by atoms with Crippen LogP contribution in [0.5, 0.6) is 0 Å². The summed E-state index contributed by atoms with van der Waals surface area (Å²) in [4.78, 5) is 25.1. The van der Waals surface area contributed by atoms with Crippen molar-refractivity contribution < 1.29 is 4.79 Å². The van der Waals surface area contributed by atoms with Gasteiger partial charge in [0, 0.05) is 25.8 Å². The highest BCUT2D eigenvalue weighted by Gasteiger charge is 2.29. The van der Waals surface area contributed by atoms with E-state index in [1.165, 1.54) is 5.56 Å². The van der Waals surface area contributed by atoms with Gasteiger partial charge in [-0.2, -0.15) is 0 Å². The molecule has 0 radical (unpaired) electrons. The highest BCUT2D eigenvalue weighted by Crippen LogP contribution is 2.24. The summed E-state index contributed by atoms with van der Waals surface area (Å²) < 4.78 is 0. The Kier molecular flexibility index (Phi) is 4.15. The third kappa shape index (κ3) is 2.99. The number of amides is 1. The minimum atomic E-state index is -0.0402. The van der Waals surface area contributed by atoms with Crippen LogP contribution < -0.4 is 0 Å². The number of benzene rings is 1. The fourth-order valence-electron chi connectivity index (χ4n) is 2.76. The highest BCUT2D eigenvalue weighted by molar-refractivity contribution is 5.92. The number of likely N-dealkylation sites (N-methyl/N-ethyl adjacent to an activating group) is 1. The van der Waals surface area contributed by atoms with E-state index in [0.717, 1.165) is 12.2 Å². The van der Waals surface area contributed by atoms with Gasteiger partial charge in [-0.25, -0.2) is 4.98 Å². The summed E-state index contributed by atoms with van der Waals surface area (Å²) in [6.07, 6.45) is 3.20. The van der Waals surface area contributed by atoms with Gasteiger partial charge in [0.25, 0.3) is 5.91 Å². The molecule has 1 saturated heterocycles. The lowest BCUT2D eigenvalue weighted by Gasteiger charge is -2.39. The molecule has 1 aliphatic rings. The predicted molar refractivity (Wildman–Crippen MR) is 84.5 cm³/mol. The molecule has 0 spiro atoms. The zero-order valence-electron chi connectivity index (χ0n) is 12.9. The molecule has 22 heavy (non-hydrogen) atoms. The molecule has 0 bridgehead atoms.